The van der Waals surface area contributed by atoms with E-state index >= 15 is 0 Å². The quantitative estimate of drug-likeness (QED) is 0.638. The number of halogens is 2. The summed E-state index contributed by atoms with van der Waals surface area (Å²) in [7, 11) is 0. The van der Waals surface area contributed by atoms with Crippen molar-refractivity contribution >= 4 is 15.9 Å². The van der Waals surface area contributed by atoms with E-state index in [4.69, 9.17) is 5.84 Å². The standard InChI is InChI=1S/C15H22BrFN2/c1-2-10-3-5-11(6-4-10)15(19-18)13-8-7-12(16)9-14(13)17/h7-11,15,19H,2-6,18H2,1H3. The fourth-order valence-corrected chi connectivity index (χ4v) is 3.50. The molecular weight excluding hydrogens is 307 g/mol. The van der Waals surface area contributed by atoms with Gasteiger partial charge < -0.3 is 0 Å². The third-order valence-electron chi connectivity index (χ3n) is 4.42. The fourth-order valence-electron chi connectivity index (χ4n) is 3.16. The van der Waals surface area contributed by atoms with Gasteiger partial charge in [-0.2, -0.15) is 0 Å². The highest BCUT2D eigenvalue weighted by Crippen LogP contribution is 2.38. The molecule has 0 aliphatic heterocycles. The number of nitrogens with one attached hydrogen (secondary N) is 1. The van der Waals surface area contributed by atoms with E-state index in [2.05, 4.69) is 28.3 Å². The second-order valence-corrected chi connectivity index (χ2v) is 6.41. The normalized spacial score (nSPS) is 25.3. The van der Waals surface area contributed by atoms with Gasteiger partial charge in [-0.05, 0) is 36.8 Å². The molecule has 1 atom stereocenters. The lowest BCUT2D eigenvalue weighted by Crippen LogP contribution is -2.36. The minimum Gasteiger partial charge on any atom is -0.271 e. The molecule has 2 nitrogen and oxygen atoms in total. The minimum atomic E-state index is -0.185. The van der Waals surface area contributed by atoms with Crippen LogP contribution >= 0.6 is 15.9 Å². The van der Waals surface area contributed by atoms with Crippen LogP contribution in [0.4, 0.5) is 4.39 Å². The molecule has 0 saturated heterocycles. The third-order valence-corrected chi connectivity index (χ3v) is 4.91. The first-order valence-electron chi connectivity index (χ1n) is 7.06. The summed E-state index contributed by atoms with van der Waals surface area (Å²) >= 11 is 3.29. The van der Waals surface area contributed by atoms with Crippen molar-refractivity contribution in [2.75, 3.05) is 0 Å². The van der Waals surface area contributed by atoms with Gasteiger partial charge in [0.25, 0.3) is 0 Å². The van der Waals surface area contributed by atoms with E-state index in [0.29, 0.717) is 11.5 Å². The van der Waals surface area contributed by atoms with Crippen molar-refractivity contribution in [3.63, 3.8) is 0 Å². The maximum Gasteiger partial charge on any atom is 0.129 e. The highest BCUT2D eigenvalue weighted by molar-refractivity contribution is 9.10. The lowest BCUT2D eigenvalue weighted by atomic mass is 9.76. The summed E-state index contributed by atoms with van der Waals surface area (Å²) in [5.41, 5.74) is 3.51. The molecule has 1 fully saturated rings. The Kier molecular flexibility index (Phi) is 5.37. The van der Waals surface area contributed by atoms with E-state index in [1.165, 1.54) is 25.3 Å². The van der Waals surface area contributed by atoms with Gasteiger partial charge in [0.2, 0.25) is 0 Å². The van der Waals surface area contributed by atoms with Crippen LogP contribution in [-0.4, -0.2) is 0 Å². The fraction of sp³-hybridized carbons (Fsp3) is 0.600. The number of benzene rings is 1. The molecule has 0 aromatic heterocycles. The molecule has 4 heteroatoms. The van der Waals surface area contributed by atoms with Crippen LogP contribution in [0, 0.1) is 17.7 Å². The Morgan fingerprint density at radius 3 is 2.58 bits per heavy atom. The Bertz CT molecular complexity index is 417. The summed E-state index contributed by atoms with van der Waals surface area (Å²) < 4.78 is 14.8. The van der Waals surface area contributed by atoms with Crippen molar-refractivity contribution in [2.45, 2.75) is 45.1 Å². The summed E-state index contributed by atoms with van der Waals surface area (Å²) in [5, 5.41) is 0. The lowest BCUT2D eigenvalue weighted by Gasteiger charge is -2.33. The Morgan fingerprint density at radius 2 is 2.05 bits per heavy atom. The van der Waals surface area contributed by atoms with Crippen molar-refractivity contribution in [3.05, 3.63) is 34.1 Å². The smallest absolute Gasteiger partial charge is 0.129 e. The Morgan fingerprint density at radius 1 is 1.37 bits per heavy atom. The van der Waals surface area contributed by atoms with E-state index in [-0.39, 0.29) is 11.9 Å². The van der Waals surface area contributed by atoms with Gasteiger partial charge >= 0.3 is 0 Å². The average molecular weight is 329 g/mol. The summed E-state index contributed by atoms with van der Waals surface area (Å²) in [6.45, 7) is 2.25. The van der Waals surface area contributed by atoms with Gasteiger partial charge in [-0.15, -0.1) is 0 Å². The molecular formula is C15H22BrFN2. The van der Waals surface area contributed by atoms with E-state index < -0.39 is 0 Å². The van der Waals surface area contributed by atoms with Crippen molar-refractivity contribution in [1.82, 2.24) is 5.43 Å². The molecule has 0 radical (unpaired) electrons. The predicted molar refractivity (Wildman–Crippen MR) is 79.9 cm³/mol. The zero-order valence-corrected chi connectivity index (χ0v) is 12.9. The number of nitrogens with two attached hydrogens (primary N) is 1. The van der Waals surface area contributed by atoms with Crippen LogP contribution in [0.3, 0.4) is 0 Å². The molecule has 1 aromatic carbocycles. The van der Waals surface area contributed by atoms with Crippen LogP contribution in [-0.2, 0) is 0 Å². The first kappa shape index (κ1) is 14.9. The summed E-state index contributed by atoms with van der Waals surface area (Å²) in [6, 6.07) is 5.14. The van der Waals surface area contributed by atoms with Gasteiger partial charge in [0.05, 0.1) is 6.04 Å². The second-order valence-electron chi connectivity index (χ2n) is 5.50. The molecule has 0 amide bonds. The maximum absolute atomic E-state index is 14.1. The molecule has 3 N–H and O–H groups in total. The molecule has 1 aliphatic carbocycles. The Balaban J connectivity index is 2.12. The molecule has 106 valence electrons. The molecule has 1 saturated carbocycles. The predicted octanol–water partition coefficient (Wildman–Crippen LogP) is 4.31. The van der Waals surface area contributed by atoms with Crippen LogP contribution in [0.5, 0.6) is 0 Å². The van der Waals surface area contributed by atoms with Crippen molar-refractivity contribution in [1.29, 1.82) is 0 Å². The number of hydrogen-bond acceptors (Lipinski definition) is 2. The molecule has 2 rings (SSSR count). The molecule has 0 spiro atoms. The zero-order valence-electron chi connectivity index (χ0n) is 11.3. The highest BCUT2D eigenvalue weighted by Gasteiger charge is 2.28. The Hall–Kier alpha value is -0.450. The van der Waals surface area contributed by atoms with Gasteiger partial charge in [-0.25, -0.2) is 4.39 Å². The molecule has 0 bridgehead atoms. The topological polar surface area (TPSA) is 38.0 Å². The first-order valence-corrected chi connectivity index (χ1v) is 7.86. The van der Waals surface area contributed by atoms with Gasteiger partial charge in [-0.3, -0.25) is 11.3 Å². The lowest BCUT2D eigenvalue weighted by molar-refractivity contribution is 0.217. The molecule has 1 aromatic rings. The zero-order chi connectivity index (χ0) is 13.8. The van der Waals surface area contributed by atoms with E-state index in [9.17, 15) is 4.39 Å². The summed E-state index contributed by atoms with van der Waals surface area (Å²) in [6.07, 6.45) is 5.97. The largest absolute Gasteiger partial charge is 0.271 e. The first-order chi connectivity index (χ1) is 9.15. The SMILES string of the molecule is CCC1CCC(C(NN)c2ccc(Br)cc2F)CC1. The number of hydrazine groups is 1. The second kappa shape index (κ2) is 6.82. The van der Waals surface area contributed by atoms with Crippen molar-refractivity contribution in [2.24, 2.45) is 17.7 Å². The molecule has 1 aliphatic rings. The van der Waals surface area contributed by atoms with Crippen LogP contribution in [0.2, 0.25) is 0 Å². The highest BCUT2D eigenvalue weighted by atomic mass is 79.9. The van der Waals surface area contributed by atoms with Gasteiger partial charge in [0.1, 0.15) is 5.82 Å². The number of hydrogen-bond donors (Lipinski definition) is 2. The Labute approximate surface area is 123 Å². The van der Waals surface area contributed by atoms with E-state index in [0.717, 1.165) is 23.2 Å². The van der Waals surface area contributed by atoms with Gasteiger partial charge in [0, 0.05) is 10.0 Å². The van der Waals surface area contributed by atoms with Crippen LogP contribution < -0.4 is 11.3 Å². The summed E-state index contributed by atoms with van der Waals surface area (Å²) in [4.78, 5) is 0. The number of rotatable bonds is 4. The van der Waals surface area contributed by atoms with Crippen LogP contribution in [0.1, 0.15) is 50.6 Å². The van der Waals surface area contributed by atoms with E-state index in [1.807, 2.05) is 12.1 Å². The van der Waals surface area contributed by atoms with E-state index in [1.54, 1.807) is 0 Å². The summed E-state index contributed by atoms with van der Waals surface area (Å²) in [5.74, 6) is 6.77. The van der Waals surface area contributed by atoms with Gasteiger partial charge in [0.15, 0.2) is 0 Å². The maximum atomic E-state index is 14.1. The van der Waals surface area contributed by atoms with Crippen LogP contribution in [0.25, 0.3) is 0 Å². The van der Waals surface area contributed by atoms with Crippen molar-refractivity contribution in [3.8, 4) is 0 Å². The average Bonchev–Trinajstić information content (AvgIpc) is 2.42. The van der Waals surface area contributed by atoms with Crippen LogP contribution in [0.15, 0.2) is 22.7 Å². The third kappa shape index (κ3) is 3.56. The minimum absolute atomic E-state index is 0.0779. The van der Waals surface area contributed by atoms with Gasteiger partial charge in [-0.1, -0.05) is 48.2 Å². The molecule has 0 heterocycles. The molecule has 1 unspecified atom stereocenters. The van der Waals surface area contributed by atoms with Crippen molar-refractivity contribution < 1.29 is 4.39 Å². The monoisotopic (exact) mass is 328 g/mol. The molecule has 19 heavy (non-hydrogen) atoms.